The number of phenolic OH excluding ortho intramolecular Hbond substituents is 1. The molecule has 2 aliphatic carbocycles. The minimum atomic E-state index is -2.87. The first kappa shape index (κ1) is 69.0. The number of ether oxygens (including phenoxy) is 7. The molecule has 88 heavy (non-hydrogen) atoms. The fourth-order valence-corrected chi connectivity index (χ4v) is 13.8. The number of allylic oxidation sites excluding steroid dienone is 8. The van der Waals surface area contributed by atoms with Gasteiger partial charge in [0.15, 0.2) is 29.0 Å². The lowest BCUT2D eigenvalue weighted by Crippen LogP contribution is -2.62. The van der Waals surface area contributed by atoms with Crippen LogP contribution in [0.3, 0.4) is 0 Å². The van der Waals surface area contributed by atoms with Gasteiger partial charge in [-0.1, -0.05) is 148 Å². The molecule has 8 rings (SSSR count). The molecular weight excluding hydrogens is 1290 g/mol. The Hall–Kier alpha value is -4.95. The van der Waals surface area contributed by atoms with Gasteiger partial charge < -0.3 is 57.5 Å². The zero-order chi connectivity index (χ0) is 64.7. The summed E-state index contributed by atoms with van der Waals surface area (Å²) in [4.78, 5) is 30.5. The number of hydroxylamine groups is 2. The van der Waals surface area contributed by atoms with Crippen LogP contribution >= 0.6 is 69.6 Å². The van der Waals surface area contributed by atoms with Crippen LogP contribution in [-0.4, -0.2) is 133 Å². The van der Waals surface area contributed by atoms with Gasteiger partial charge in [-0.15, -0.1) is 8.97 Å². The molecule has 0 saturated carbocycles. The minimum absolute atomic E-state index is 0.0797. The highest BCUT2D eigenvalue weighted by molar-refractivity contribution is 6.74. The number of benzene rings is 2. The van der Waals surface area contributed by atoms with Crippen molar-refractivity contribution in [2.75, 3.05) is 47.8 Å². The van der Waals surface area contributed by atoms with E-state index in [9.17, 15) is 15.5 Å². The van der Waals surface area contributed by atoms with Gasteiger partial charge in [0, 0.05) is 12.2 Å². The minimum Gasteiger partial charge on any atom is -0.618 e. The highest BCUT2D eigenvalue weighted by Gasteiger charge is 2.67. The van der Waals surface area contributed by atoms with Crippen LogP contribution in [0.15, 0.2) is 131 Å². The predicted octanol–water partition coefficient (Wildman–Crippen LogP) is 15.8. The van der Waals surface area contributed by atoms with Crippen LogP contribution in [0.1, 0.15) is 84.8 Å². The molecule has 2 amide bonds. The molecule has 2 aromatic carbocycles. The van der Waals surface area contributed by atoms with Crippen molar-refractivity contribution in [3.63, 3.8) is 0 Å². The number of quaternary nitrogens is 2. The van der Waals surface area contributed by atoms with Crippen LogP contribution in [0.2, 0.25) is 36.3 Å². The topological polar surface area (TPSA) is 190 Å². The van der Waals surface area contributed by atoms with E-state index in [4.69, 9.17) is 112 Å². The number of aromatic hydroxyl groups is 1. The van der Waals surface area contributed by atoms with Crippen molar-refractivity contribution in [3.05, 3.63) is 153 Å². The number of nitrogens with zero attached hydrogens (tertiary/aromatic N) is 4. The number of phenols is 1. The van der Waals surface area contributed by atoms with Crippen LogP contribution in [-0.2, 0) is 37.3 Å². The summed E-state index contributed by atoms with van der Waals surface area (Å²) < 4.78 is 53.1. The van der Waals surface area contributed by atoms with Gasteiger partial charge in [-0.05, 0) is 115 Å². The molecular formula is C62H78Cl6N4O14Si2+2. The summed E-state index contributed by atoms with van der Waals surface area (Å²) >= 11 is 37.4. The zero-order valence-electron chi connectivity index (χ0n) is 51.7. The number of carbonyl (C=O) groups is 2. The largest absolute Gasteiger partial charge is 0.618 e. The van der Waals surface area contributed by atoms with Crippen molar-refractivity contribution in [1.29, 1.82) is 0 Å². The molecule has 478 valence electrons. The van der Waals surface area contributed by atoms with E-state index in [1.807, 2.05) is 36.4 Å². The molecule has 2 aromatic rings. The van der Waals surface area contributed by atoms with E-state index in [-0.39, 0.29) is 76.3 Å². The average molecular weight is 1370 g/mol. The summed E-state index contributed by atoms with van der Waals surface area (Å²) in [6.45, 7) is 19.6. The van der Waals surface area contributed by atoms with Crippen molar-refractivity contribution in [1.82, 2.24) is 0 Å². The molecule has 4 heterocycles. The van der Waals surface area contributed by atoms with Gasteiger partial charge in [0.1, 0.15) is 36.5 Å². The summed E-state index contributed by atoms with van der Waals surface area (Å²) in [6, 6.07) is 14.3. The molecule has 0 fully saturated rings. The number of hydrogen-bond acceptors (Lipinski definition) is 14. The van der Waals surface area contributed by atoms with Crippen LogP contribution in [0.5, 0.6) is 11.5 Å². The van der Waals surface area contributed by atoms with E-state index in [1.54, 1.807) is 55.9 Å². The van der Waals surface area contributed by atoms with Gasteiger partial charge in [-0.25, -0.2) is 0 Å². The van der Waals surface area contributed by atoms with E-state index < -0.39 is 82.9 Å². The first-order valence-electron chi connectivity index (χ1n) is 28.8. The van der Waals surface area contributed by atoms with Gasteiger partial charge >= 0.3 is 12.2 Å². The summed E-state index contributed by atoms with van der Waals surface area (Å²) in [5.41, 5.74) is 4.25. The lowest BCUT2D eigenvalue weighted by Gasteiger charge is -2.44. The predicted molar refractivity (Wildman–Crippen MR) is 347 cm³/mol. The third-order valence-electron chi connectivity index (χ3n) is 17.6. The first-order valence-corrected chi connectivity index (χ1v) is 36.9. The van der Waals surface area contributed by atoms with Crippen LogP contribution in [0.25, 0.3) is 11.1 Å². The molecule has 0 spiro atoms. The number of amides is 2. The number of fused-ring (bicyclic) bond motifs is 4. The summed E-state index contributed by atoms with van der Waals surface area (Å²) in [5, 5.41) is 38.7. The van der Waals surface area contributed by atoms with Gasteiger partial charge in [0.05, 0.1) is 34.5 Å². The normalized spacial score (nSPS) is 24.0. The molecule has 6 atom stereocenters. The number of hydrogen-bond donors (Lipinski definition) is 1. The SMILES string of the molecule is COC1=C2C=[N+]([O-])C3=CC=C(c4ccc(O)cc4)C[C@@H]3[C@H](O[Si](C)(C)C(C)(C)C)[N+]2(C(=O)OCC(Cl)(Cl)Cl)C=C1OCCCCCOC1=C[N+]2(C(=O)OCC(Cl)(Cl)Cl)C(=C1OC)C=[N+]([O-])C1=CC=C(c3ccc(OC)cc3)C[C@@H]1[C@@H]2O[Si](C)(C)C(C)(C)C. The Kier molecular flexibility index (Phi) is 20.6. The molecule has 2 unspecified atom stereocenters. The molecule has 18 nitrogen and oxygen atoms in total. The van der Waals surface area contributed by atoms with Gasteiger partial charge in [0.25, 0.3) is 11.4 Å². The third-order valence-corrected chi connectivity index (χ3v) is 27.1. The van der Waals surface area contributed by atoms with Gasteiger partial charge in [-0.2, -0.15) is 19.1 Å². The number of rotatable bonds is 19. The van der Waals surface area contributed by atoms with Crippen LogP contribution in [0, 0.1) is 22.3 Å². The number of unbranched alkanes of at least 4 members (excludes halogenated alkanes) is 2. The first-order chi connectivity index (χ1) is 41.0. The standard InChI is InChI=1S/C62H77Cl6N4O14Si2/c1-59(2,3)87(10,11)85-55-45-31-41(39-17-23-43(73)24-18-39)21-27-47(45)69(76)33-49-53(79-8)51(35-71(49,55)57(74)83-37-61(63,64)65)81-29-15-14-16-30-82-52-36-72(58(75)84-38-62(66,67)68)50(54(52)80-9)34-70(77)48-28-22-42(40-19-25-44(78-7)26-20-40)32-46(48)56(72)86-88(12,13)60(4,5)6/h17-28,33-36,45-46,55-56H,14-16,29-32,37-38H2,1-13H3/q+1/p+1/t45-,46-,55-,56-,71?,72?/m0/s1. The highest BCUT2D eigenvalue weighted by atomic mass is 35.6. The highest BCUT2D eigenvalue weighted by Crippen LogP contribution is 2.53. The maximum atomic E-state index is 15.3. The Morgan fingerprint density at radius 3 is 1.30 bits per heavy atom. The molecule has 1 N–H and O–H groups in total. The fraction of sp³-hybridized carbons (Fsp3) is 0.484. The summed E-state index contributed by atoms with van der Waals surface area (Å²) in [6.07, 6.45) is 10.8. The van der Waals surface area contributed by atoms with E-state index in [2.05, 4.69) is 67.7 Å². The number of halogens is 6. The smallest absolute Gasteiger partial charge is 0.528 e. The van der Waals surface area contributed by atoms with Crippen molar-refractivity contribution in [2.24, 2.45) is 11.8 Å². The Morgan fingerprint density at radius 2 is 0.955 bits per heavy atom. The second kappa shape index (κ2) is 26.3. The number of carbonyl (C=O) groups excluding carboxylic acids is 2. The Morgan fingerprint density at radius 1 is 0.580 bits per heavy atom. The summed E-state index contributed by atoms with van der Waals surface area (Å²) in [7, 11) is -1.31. The monoisotopic (exact) mass is 1370 g/mol. The molecule has 0 radical (unpaired) electrons. The van der Waals surface area contributed by atoms with Crippen molar-refractivity contribution < 1.29 is 75.1 Å². The molecule has 6 aliphatic rings. The average Bonchev–Trinajstić information content (AvgIpc) is 2.59. The van der Waals surface area contributed by atoms with Crippen LogP contribution in [0.4, 0.5) is 9.59 Å². The van der Waals surface area contributed by atoms with Gasteiger partial charge in [-0.3, -0.25) is 0 Å². The Bertz CT molecular complexity index is 3350. The molecule has 0 saturated heterocycles. The number of methoxy groups -OCH3 is 3. The third kappa shape index (κ3) is 14.2. The van der Waals surface area contributed by atoms with Crippen molar-refractivity contribution >= 4 is 122 Å². The second-order valence-electron chi connectivity index (χ2n) is 25.4. The lowest BCUT2D eigenvalue weighted by molar-refractivity contribution is -0.816. The Labute approximate surface area is 547 Å². The number of alkyl halides is 6. The molecule has 0 aromatic heterocycles. The van der Waals surface area contributed by atoms with E-state index in [0.29, 0.717) is 36.4 Å². The Balaban J connectivity index is 1.10. The molecule has 0 bridgehead atoms. The van der Waals surface area contributed by atoms with Gasteiger partial charge in [0.2, 0.25) is 66.9 Å². The van der Waals surface area contributed by atoms with Crippen molar-refractivity contribution in [3.8, 4) is 11.5 Å². The summed E-state index contributed by atoms with van der Waals surface area (Å²) in [5.74, 6) is -0.277. The molecule has 26 heteroatoms. The fourth-order valence-electron chi connectivity index (χ4n) is 10.9. The maximum absolute atomic E-state index is 15.3. The quantitative estimate of drug-likeness (QED) is 0.0349. The zero-order valence-corrected chi connectivity index (χ0v) is 58.3. The van der Waals surface area contributed by atoms with Crippen molar-refractivity contribution in [2.45, 2.75) is 130 Å². The van der Waals surface area contributed by atoms with E-state index in [0.717, 1.165) is 31.8 Å². The lowest BCUT2D eigenvalue weighted by atomic mass is 9.85. The van der Waals surface area contributed by atoms with Crippen LogP contribution < -0.4 is 4.74 Å². The van der Waals surface area contributed by atoms with E-state index >= 15 is 9.59 Å². The molecule has 4 aliphatic heterocycles. The van der Waals surface area contributed by atoms with E-state index in [1.165, 1.54) is 26.6 Å². The maximum Gasteiger partial charge on any atom is 0.528 e. The second-order valence-corrected chi connectivity index (χ2v) is 39.9.